The zero-order chi connectivity index (χ0) is 18.2. The number of benzene rings is 2. The van der Waals surface area contributed by atoms with Gasteiger partial charge in [0.1, 0.15) is 0 Å². The Hall–Kier alpha value is -1.85. The average molecular weight is 371 g/mol. The molecule has 5 heteroatoms. The Morgan fingerprint density at radius 3 is 2.38 bits per heavy atom. The van der Waals surface area contributed by atoms with Gasteiger partial charge in [0.2, 0.25) is 10.0 Å². The van der Waals surface area contributed by atoms with Crippen LogP contribution >= 0.6 is 0 Å². The summed E-state index contributed by atoms with van der Waals surface area (Å²) in [6.45, 7) is 3.70. The van der Waals surface area contributed by atoms with Crippen molar-refractivity contribution in [1.29, 1.82) is 0 Å². The molecule has 1 aliphatic carbocycles. The predicted molar refractivity (Wildman–Crippen MR) is 106 cm³/mol. The summed E-state index contributed by atoms with van der Waals surface area (Å²) < 4.78 is 27.2. The second kappa shape index (κ2) is 6.71. The van der Waals surface area contributed by atoms with E-state index in [4.69, 9.17) is 0 Å². The molecular weight excluding hydrogens is 344 g/mol. The predicted octanol–water partition coefficient (Wildman–Crippen LogP) is 3.61. The molecule has 1 atom stereocenters. The number of sulfonamides is 1. The molecule has 2 aromatic rings. The van der Waals surface area contributed by atoms with Crippen molar-refractivity contribution in [1.82, 2.24) is 4.72 Å². The van der Waals surface area contributed by atoms with E-state index in [0.29, 0.717) is 0 Å². The van der Waals surface area contributed by atoms with Gasteiger partial charge < -0.3 is 4.90 Å². The largest absolute Gasteiger partial charge is 0.371 e. The van der Waals surface area contributed by atoms with Crippen LogP contribution in [0.2, 0.25) is 0 Å². The van der Waals surface area contributed by atoms with Crippen LogP contribution in [0.25, 0.3) is 0 Å². The van der Waals surface area contributed by atoms with Gasteiger partial charge in [-0.1, -0.05) is 42.5 Å². The van der Waals surface area contributed by atoms with E-state index in [9.17, 15) is 8.42 Å². The topological polar surface area (TPSA) is 49.4 Å². The second-order valence-electron chi connectivity index (χ2n) is 7.47. The summed E-state index contributed by atoms with van der Waals surface area (Å²) in [7, 11) is -3.22. The molecular formula is C21H26N2O2S. The molecule has 26 heavy (non-hydrogen) atoms. The van der Waals surface area contributed by atoms with Gasteiger partial charge in [0.05, 0.1) is 5.75 Å². The number of para-hydroxylation sites is 1. The number of nitrogens with one attached hydrogen (secondary N) is 1. The first-order valence-corrected chi connectivity index (χ1v) is 11.1. The first-order valence-electron chi connectivity index (χ1n) is 9.42. The molecule has 2 aromatic carbocycles. The highest BCUT2D eigenvalue weighted by atomic mass is 32.2. The molecule has 1 aliphatic heterocycles. The third kappa shape index (κ3) is 3.14. The highest BCUT2D eigenvalue weighted by molar-refractivity contribution is 7.89. The first kappa shape index (κ1) is 17.6. The maximum Gasteiger partial charge on any atom is 0.211 e. The number of hydrogen-bond donors (Lipinski definition) is 1. The van der Waals surface area contributed by atoms with Crippen molar-refractivity contribution in [3.63, 3.8) is 0 Å². The van der Waals surface area contributed by atoms with Crippen LogP contribution in [0.4, 0.5) is 5.69 Å². The van der Waals surface area contributed by atoms with E-state index in [1.165, 1.54) is 11.3 Å². The fourth-order valence-corrected chi connectivity index (χ4v) is 5.42. The van der Waals surface area contributed by atoms with Crippen LogP contribution in [-0.4, -0.2) is 27.3 Å². The minimum atomic E-state index is -3.22. The van der Waals surface area contributed by atoms with E-state index in [-0.39, 0.29) is 17.2 Å². The lowest BCUT2D eigenvalue weighted by atomic mass is 9.73. The molecule has 4 nitrogen and oxygen atoms in total. The minimum Gasteiger partial charge on any atom is -0.371 e. The molecule has 0 saturated carbocycles. The number of nitrogens with zero attached hydrogens (tertiary/aromatic N) is 1. The van der Waals surface area contributed by atoms with E-state index >= 15 is 0 Å². The molecule has 0 radical (unpaired) electrons. The minimum absolute atomic E-state index is 0.0861. The van der Waals surface area contributed by atoms with Crippen molar-refractivity contribution in [3.05, 3.63) is 65.7 Å². The van der Waals surface area contributed by atoms with Gasteiger partial charge in [-0.2, -0.15) is 0 Å². The van der Waals surface area contributed by atoms with Gasteiger partial charge >= 0.3 is 0 Å². The maximum absolute atomic E-state index is 12.2. The lowest BCUT2D eigenvalue weighted by Gasteiger charge is -2.41. The van der Waals surface area contributed by atoms with Gasteiger partial charge in [-0.3, -0.25) is 0 Å². The van der Waals surface area contributed by atoms with Crippen LogP contribution in [0.1, 0.15) is 43.4 Å². The van der Waals surface area contributed by atoms with Crippen LogP contribution in [0.15, 0.2) is 54.6 Å². The molecule has 1 saturated heterocycles. The highest BCUT2D eigenvalue weighted by Gasteiger charge is 2.46. The molecule has 1 heterocycles. The molecule has 0 bridgehead atoms. The lowest BCUT2D eigenvalue weighted by molar-refractivity contribution is 0.311. The molecule has 0 aromatic heterocycles. The van der Waals surface area contributed by atoms with Crippen LogP contribution < -0.4 is 9.62 Å². The van der Waals surface area contributed by atoms with Crippen LogP contribution in [0, 0.1) is 0 Å². The molecule has 1 fully saturated rings. The van der Waals surface area contributed by atoms with Gasteiger partial charge in [0.25, 0.3) is 0 Å². The Balaban J connectivity index is 1.58. The number of fused-ring (bicyclic) bond motifs is 2. The smallest absolute Gasteiger partial charge is 0.211 e. The first-order chi connectivity index (χ1) is 12.5. The van der Waals surface area contributed by atoms with E-state index < -0.39 is 10.0 Å². The zero-order valence-corrected chi connectivity index (χ0v) is 16.0. The summed E-state index contributed by atoms with van der Waals surface area (Å²) in [5, 5.41) is 0. The molecule has 1 N–H and O–H groups in total. The van der Waals surface area contributed by atoms with Crippen LogP contribution in [0.3, 0.4) is 0 Å². The Kier molecular flexibility index (Phi) is 4.53. The third-order valence-corrected chi connectivity index (χ3v) is 7.45. The van der Waals surface area contributed by atoms with E-state index in [1.807, 2.05) is 12.1 Å². The summed E-state index contributed by atoms with van der Waals surface area (Å²) >= 11 is 0. The molecule has 2 aliphatic rings. The molecule has 138 valence electrons. The van der Waals surface area contributed by atoms with Gasteiger partial charge in [-0.15, -0.1) is 0 Å². The fraction of sp³-hybridized carbons (Fsp3) is 0.429. The fourth-order valence-electron chi connectivity index (χ4n) is 4.60. The maximum atomic E-state index is 12.2. The summed E-state index contributed by atoms with van der Waals surface area (Å²) in [4.78, 5) is 2.44. The quantitative estimate of drug-likeness (QED) is 0.894. The normalized spacial score (nSPS) is 21.7. The Labute approximate surface area is 156 Å². The number of anilines is 1. The number of hydrogen-bond acceptors (Lipinski definition) is 3. The Morgan fingerprint density at radius 1 is 1.04 bits per heavy atom. The van der Waals surface area contributed by atoms with Crippen molar-refractivity contribution >= 4 is 15.7 Å². The Bertz CT molecular complexity index is 872. The van der Waals surface area contributed by atoms with Gasteiger partial charge in [-0.05, 0) is 49.4 Å². The number of rotatable bonds is 4. The van der Waals surface area contributed by atoms with E-state index in [2.05, 4.69) is 52.1 Å². The Morgan fingerprint density at radius 2 is 1.69 bits per heavy atom. The summed E-state index contributed by atoms with van der Waals surface area (Å²) in [6, 6.07) is 18.8. The monoisotopic (exact) mass is 370 g/mol. The van der Waals surface area contributed by atoms with Crippen molar-refractivity contribution in [2.24, 2.45) is 0 Å². The van der Waals surface area contributed by atoms with Crippen molar-refractivity contribution in [2.75, 3.05) is 23.7 Å². The van der Waals surface area contributed by atoms with Gasteiger partial charge in [0.15, 0.2) is 0 Å². The standard InChI is InChI=1S/C21H26N2O2S/c1-2-26(24,25)22-20-16-21(19-11-7-6-10-18(19)20)12-14-23(15-13-21)17-8-4-3-5-9-17/h3-11,20,22H,2,12-16H2,1H3/t20-/m1/s1. The zero-order valence-electron chi connectivity index (χ0n) is 15.2. The van der Waals surface area contributed by atoms with Gasteiger partial charge in [0, 0.05) is 30.2 Å². The summed E-state index contributed by atoms with van der Waals surface area (Å²) in [5.41, 5.74) is 3.87. The highest BCUT2D eigenvalue weighted by Crippen LogP contribution is 2.51. The van der Waals surface area contributed by atoms with Gasteiger partial charge in [-0.25, -0.2) is 13.1 Å². The second-order valence-corrected chi connectivity index (χ2v) is 9.51. The third-order valence-electron chi connectivity index (χ3n) is 6.05. The molecule has 0 unspecified atom stereocenters. The molecule has 4 rings (SSSR count). The summed E-state index contributed by atoms with van der Waals surface area (Å²) in [6.07, 6.45) is 2.99. The SMILES string of the molecule is CCS(=O)(=O)N[C@@H]1CC2(CCN(c3ccccc3)CC2)c2ccccc21. The lowest BCUT2D eigenvalue weighted by Crippen LogP contribution is -2.42. The van der Waals surface area contributed by atoms with E-state index in [1.54, 1.807) is 6.92 Å². The number of piperidine rings is 1. The van der Waals surface area contributed by atoms with Crippen molar-refractivity contribution in [2.45, 2.75) is 37.6 Å². The molecule has 0 amide bonds. The molecule has 1 spiro atoms. The van der Waals surface area contributed by atoms with Crippen LogP contribution in [0.5, 0.6) is 0 Å². The average Bonchev–Trinajstić information content (AvgIpc) is 2.96. The summed E-state index contributed by atoms with van der Waals surface area (Å²) in [5.74, 6) is 0.125. The van der Waals surface area contributed by atoms with E-state index in [0.717, 1.165) is 37.9 Å². The van der Waals surface area contributed by atoms with Crippen LogP contribution in [-0.2, 0) is 15.4 Å². The van der Waals surface area contributed by atoms with Crippen molar-refractivity contribution in [3.8, 4) is 0 Å². The van der Waals surface area contributed by atoms with Crippen molar-refractivity contribution < 1.29 is 8.42 Å².